The van der Waals surface area contributed by atoms with Crippen LogP contribution in [-0.4, -0.2) is 52.9 Å². The molecule has 3 heterocycles. The molecule has 0 spiro atoms. The van der Waals surface area contributed by atoms with Crippen LogP contribution in [-0.2, 0) is 13.2 Å². The second-order valence-corrected chi connectivity index (χ2v) is 9.12. The molecule has 1 fully saturated rings. The van der Waals surface area contributed by atoms with E-state index in [0.717, 1.165) is 16.5 Å². The highest BCUT2D eigenvalue weighted by Crippen LogP contribution is 2.35. The second-order valence-electron chi connectivity index (χ2n) is 9.12. The highest BCUT2D eigenvalue weighted by Gasteiger charge is 2.40. The number of alkyl halides is 3. The number of piperidine rings is 1. The summed E-state index contributed by atoms with van der Waals surface area (Å²) in [4.78, 5) is 32.9. The zero-order chi connectivity index (χ0) is 25.4. The Hall–Kier alpha value is -3.57. The van der Waals surface area contributed by atoms with Crippen molar-refractivity contribution in [2.75, 3.05) is 36.1 Å². The summed E-state index contributed by atoms with van der Waals surface area (Å²) >= 11 is 0. The number of nitrogen functional groups attached to an aromatic ring is 1. The number of amides is 2. The highest BCUT2D eigenvalue weighted by molar-refractivity contribution is 5.89. The molecule has 1 saturated heterocycles. The quantitative estimate of drug-likeness (QED) is 0.582. The first-order valence-corrected chi connectivity index (χ1v) is 10.6. The standard InChI is InChI=1S/C22H28F3N7O2/c1-21(2)12-32(15-7-13(9-26)18(27)28-10-15)6-5-17(21)31(4)20(34)29-16-8-14(22(23,24)25)11-30(3)19(16)33/h7-11,17,26H,5-6,12H2,1-4H3,(H2,27,28)(H,29,34). The van der Waals surface area contributed by atoms with Crippen molar-refractivity contribution in [3.05, 3.63) is 46.0 Å². The van der Waals surface area contributed by atoms with Crippen LogP contribution in [0.1, 0.15) is 31.4 Å². The SMILES string of the molecule is CN(C(=O)Nc1cc(C(F)(F)F)cn(C)c1=O)C1CCN(c2cnc(N)c(C=N)c2)CC1(C)C. The van der Waals surface area contributed by atoms with Crippen LogP contribution in [0.25, 0.3) is 0 Å². The van der Waals surface area contributed by atoms with Crippen LogP contribution in [0.5, 0.6) is 0 Å². The third kappa shape index (κ3) is 5.00. The first-order valence-electron chi connectivity index (χ1n) is 10.6. The molecule has 0 aliphatic carbocycles. The fourth-order valence-electron chi connectivity index (χ4n) is 4.35. The number of halogens is 3. The monoisotopic (exact) mass is 479 g/mol. The van der Waals surface area contributed by atoms with Crippen molar-refractivity contribution in [3.63, 3.8) is 0 Å². The molecular formula is C22H28F3N7O2. The average Bonchev–Trinajstić information content (AvgIpc) is 2.75. The molecule has 0 aromatic carbocycles. The minimum absolute atomic E-state index is 0.248. The lowest BCUT2D eigenvalue weighted by atomic mass is 9.78. The number of nitrogens with zero attached hydrogens (tertiary/aromatic N) is 4. The normalized spacial score (nSPS) is 17.9. The Balaban J connectivity index is 1.77. The van der Waals surface area contributed by atoms with Crippen LogP contribution in [0, 0.1) is 10.8 Å². The summed E-state index contributed by atoms with van der Waals surface area (Å²) in [5.74, 6) is 0.269. The largest absolute Gasteiger partial charge is 0.417 e. The van der Waals surface area contributed by atoms with E-state index in [2.05, 4.69) is 15.2 Å². The molecule has 34 heavy (non-hydrogen) atoms. The number of anilines is 3. The lowest BCUT2D eigenvalue weighted by Crippen LogP contribution is -2.57. The van der Waals surface area contributed by atoms with E-state index in [1.54, 1.807) is 19.3 Å². The predicted octanol–water partition coefficient (Wildman–Crippen LogP) is 3.15. The van der Waals surface area contributed by atoms with Gasteiger partial charge in [-0.05, 0) is 18.6 Å². The first-order chi connectivity index (χ1) is 15.7. The topological polar surface area (TPSA) is 120 Å². The summed E-state index contributed by atoms with van der Waals surface area (Å²) < 4.78 is 40.2. The van der Waals surface area contributed by atoms with E-state index >= 15 is 0 Å². The fourth-order valence-corrected chi connectivity index (χ4v) is 4.35. The van der Waals surface area contributed by atoms with Gasteiger partial charge in [0, 0.05) is 56.6 Å². The summed E-state index contributed by atoms with van der Waals surface area (Å²) in [6.45, 7) is 5.11. The molecule has 184 valence electrons. The van der Waals surface area contributed by atoms with Gasteiger partial charge in [0.25, 0.3) is 5.56 Å². The second kappa shape index (κ2) is 8.99. The molecule has 1 aliphatic rings. The van der Waals surface area contributed by atoms with E-state index in [0.29, 0.717) is 37.3 Å². The number of nitrogens with one attached hydrogen (secondary N) is 2. The number of urea groups is 1. The molecule has 2 aromatic heterocycles. The number of carbonyl (C=O) groups is 1. The number of pyridine rings is 2. The Morgan fingerprint density at radius 3 is 2.65 bits per heavy atom. The number of aromatic nitrogens is 2. The van der Waals surface area contributed by atoms with Gasteiger partial charge in [-0.15, -0.1) is 0 Å². The number of hydrogen-bond donors (Lipinski definition) is 3. The highest BCUT2D eigenvalue weighted by atomic mass is 19.4. The van der Waals surface area contributed by atoms with Crippen molar-refractivity contribution in [2.24, 2.45) is 12.5 Å². The molecule has 1 unspecified atom stereocenters. The zero-order valence-corrected chi connectivity index (χ0v) is 19.4. The van der Waals surface area contributed by atoms with Crippen molar-refractivity contribution in [1.82, 2.24) is 14.5 Å². The summed E-state index contributed by atoms with van der Waals surface area (Å²) in [6, 6.07) is 1.52. The van der Waals surface area contributed by atoms with Crippen molar-refractivity contribution in [3.8, 4) is 0 Å². The Bertz CT molecular complexity index is 1160. The van der Waals surface area contributed by atoms with E-state index in [1.807, 2.05) is 13.8 Å². The lowest BCUT2D eigenvalue weighted by Gasteiger charge is -2.48. The molecule has 0 bridgehead atoms. The van der Waals surface area contributed by atoms with Gasteiger partial charge >= 0.3 is 12.2 Å². The van der Waals surface area contributed by atoms with Crippen LogP contribution >= 0.6 is 0 Å². The minimum atomic E-state index is -4.65. The number of hydrogen-bond acceptors (Lipinski definition) is 6. The van der Waals surface area contributed by atoms with Gasteiger partial charge in [0.05, 0.1) is 17.4 Å². The maximum absolute atomic E-state index is 13.1. The van der Waals surface area contributed by atoms with Gasteiger partial charge in [0.15, 0.2) is 0 Å². The van der Waals surface area contributed by atoms with Crippen molar-refractivity contribution >= 4 is 29.4 Å². The van der Waals surface area contributed by atoms with Crippen LogP contribution < -0.4 is 21.5 Å². The number of nitrogens with two attached hydrogens (primary N) is 1. The molecule has 1 atom stereocenters. The third-order valence-corrected chi connectivity index (χ3v) is 6.17. The molecule has 1 aliphatic heterocycles. The molecule has 4 N–H and O–H groups in total. The van der Waals surface area contributed by atoms with E-state index < -0.39 is 34.4 Å². The van der Waals surface area contributed by atoms with Gasteiger partial charge in [0.1, 0.15) is 11.5 Å². The molecular weight excluding hydrogens is 451 g/mol. The molecule has 12 heteroatoms. The fraction of sp³-hybridized carbons (Fsp3) is 0.455. The Morgan fingerprint density at radius 2 is 2.06 bits per heavy atom. The van der Waals surface area contributed by atoms with E-state index in [4.69, 9.17) is 11.1 Å². The molecule has 9 nitrogen and oxygen atoms in total. The molecule has 2 amide bonds. The Morgan fingerprint density at radius 1 is 1.38 bits per heavy atom. The van der Waals surface area contributed by atoms with Crippen LogP contribution in [0.3, 0.4) is 0 Å². The summed E-state index contributed by atoms with van der Waals surface area (Å²) in [7, 11) is 2.76. The number of aryl methyl sites for hydroxylation is 1. The van der Waals surface area contributed by atoms with E-state index in [9.17, 15) is 22.8 Å². The maximum atomic E-state index is 13.1. The van der Waals surface area contributed by atoms with Gasteiger partial charge in [0.2, 0.25) is 0 Å². The summed E-state index contributed by atoms with van der Waals surface area (Å²) in [5.41, 5.74) is 4.49. The van der Waals surface area contributed by atoms with Crippen molar-refractivity contribution < 1.29 is 18.0 Å². The van der Waals surface area contributed by atoms with Gasteiger partial charge in [-0.2, -0.15) is 13.2 Å². The van der Waals surface area contributed by atoms with Crippen molar-refractivity contribution in [1.29, 1.82) is 5.41 Å². The molecule has 0 radical (unpaired) electrons. The molecule has 0 saturated carbocycles. The van der Waals surface area contributed by atoms with Gasteiger partial charge in [-0.3, -0.25) is 4.79 Å². The zero-order valence-electron chi connectivity index (χ0n) is 19.4. The number of rotatable bonds is 4. The average molecular weight is 480 g/mol. The predicted molar refractivity (Wildman–Crippen MR) is 124 cm³/mol. The third-order valence-electron chi connectivity index (χ3n) is 6.17. The van der Waals surface area contributed by atoms with Crippen LogP contribution in [0.15, 0.2) is 29.3 Å². The number of carbonyl (C=O) groups excluding carboxylic acids is 1. The summed E-state index contributed by atoms with van der Waals surface area (Å²) in [6.07, 6.45) is -0.614. The van der Waals surface area contributed by atoms with E-state index in [-0.39, 0.29) is 11.9 Å². The summed E-state index contributed by atoms with van der Waals surface area (Å²) in [5, 5.41) is 9.83. The molecule has 3 rings (SSSR count). The van der Waals surface area contributed by atoms with Crippen LogP contribution in [0.2, 0.25) is 0 Å². The van der Waals surface area contributed by atoms with Crippen molar-refractivity contribution in [2.45, 2.75) is 32.5 Å². The smallest absolute Gasteiger partial charge is 0.383 e. The Labute approximate surface area is 194 Å². The van der Waals surface area contributed by atoms with Gasteiger partial charge < -0.3 is 30.8 Å². The van der Waals surface area contributed by atoms with Gasteiger partial charge in [-0.1, -0.05) is 13.8 Å². The lowest BCUT2D eigenvalue weighted by molar-refractivity contribution is -0.138. The van der Waals surface area contributed by atoms with Gasteiger partial charge in [-0.25, -0.2) is 9.78 Å². The van der Waals surface area contributed by atoms with Crippen LogP contribution in [0.4, 0.5) is 35.2 Å². The maximum Gasteiger partial charge on any atom is 0.417 e. The first kappa shape index (κ1) is 25.1. The minimum Gasteiger partial charge on any atom is -0.383 e. The van der Waals surface area contributed by atoms with E-state index in [1.165, 1.54) is 11.9 Å². The Kier molecular flexibility index (Phi) is 6.63. The molecule has 2 aromatic rings.